The molecule has 2 atom stereocenters. The van der Waals surface area contributed by atoms with Crippen molar-refractivity contribution in [3.05, 3.63) is 22.2 Å². The van der Waals surface area contributed by atoms with Crippen LogP contribution in [0.5, 0.6) is 0 Å². The van der Waals surface area contributed by atoms with Gasteiger partial charge < -0.3 is 32.1 Å². The third-order valence-corrected chi connectivity index (χ3v) is 4.96. The minimum atomic E-state index is -1.23. The summed E-state index contributed by atoms with van der Waals surface area (Å²) in [6.07, 6.45) is -0.155. The molecule has 0 fully saturated rings. The number of benzene rings is 1. The molecule has 1 aromatic carbocycles. The van der Waals surface area contributed by atoms with Crippen LogP contribution in [0.3, 0.4) is 0 Å². The molecule has 0 bridgehead atoms. The van der Waals surface area contributed by atoms with Crippen LogP contribution in [0, 0.1) is 10.1 Å². The van der Waals surface area contributed by atoms with Crippen LogP contribution in [-0.4, -0.2) is 81.5 Å². The number of nitrogens with two attached hydrogens (primary N) is 1. The number of anilines is 1. The van der Waals surface area contributed by atoms with Crippen LogP contribution in [0.15, 0.2) is 16.8 Å². The SMILES string of the molecule is NC(CCC(=O)N[C@@H](CS)C(=O)NCC(=O)O)C(=O)NCCNc1ccc([N+](=O)[O-])c2nonc12. The molecular weight excluding hydrogens is 488 g/mol. The number of non-ortho nitro benzene ring substituents is 1. The molecule has 0 aliphatic carbocycles. The molecule has 2 aromatic rings. The van der Waals surface area contributed by atoms with E-state index in [1.54, 1.807) is 0 Å². The number of hydrogen-bond acceptors (Lipinski definition) is 12. The number of aliphatic carboxylic acids is 1. The molecule has 0 spiro atoms. The minimum Gasteiger partial charge on any atom is -0.480 e. The first-order chi connectivity index (χ1) is 16.6. The van der Waals surface area contributed by atoms with E-state index in [1.807, 2.05) is 0 Å². The fourth-order valence-corrected chi connectivity index (χ4v) is 3.08. The number of carboxylic acid groups (broad SMARTS) is 1. The number of fused-ring (bicyclic) bond motifs is 1. The highest BCUT2D eigenvalue weighted by Gasteiger charge is 2.22. The maximum absolute atomic E-state index is 12.2. The van der Waals surface area contributed by atoms with Gasteiger partial charge >= 0.3 is 11.7 Å². The number of aromatic nitrogens is 2. The number of hydrogen-bond donors (Lipinski definition) is 7. The summed E-state index contributed by atoms with van der Waals surface area (Å²) < 4.78 is 4.57. The van der Waals surface area contributed by atoms with Gasteiger partial charge in [-0.3, -0.25) is 29.3 Å². The van der Waals surface area contributed by atoms with Crippen molar-refractivity contribution < 1.29 is 33.8 Å². The topological polar surface area (TPSA) is 245 Å². The first-order valence-electron chi connectivity index (χ1n) is 10.2. The average molecular weight is 513 g/mol. The molecule has 0 aliphatic rings. The van der Waals surface area contributed by atoms with Gasteiger partial charge in [0.15, 0.2) is 5.52 Å². The molecule has 16 nitrogen and oxygen atoms in total. The van der Waals surface area contributed by atoms with Crippen LogP contribution in [-0.2, 0) is 19.2 Å². The Hall–Kier alpha value is -3.99. The second kappa shape index (κ2) is 13.0. The van der Waals surface area contributed by atoms with Gasteiger partial charge in [0.2, 0.25) is 23.2 Å². The zero-order chi connectivity index (χ0) is 26.0. The molecule has 3 amide bonds. The van der Waals surface area contributed by atoms with E-state index in [9.17, 15) is 29.3 Å². The van der Waals surface area contributed by atoms with Crippen LogP contribution < -0.4 is 27.0 Å². The second-order valence-electron chi connectivity index (χ2n) is 7.13. The highest BCUT2D eigenvalue weighted by Crippen LogP contribution is 2.28. The van der Waals surface area contributed by atoms with Gasteiger partial charge in [-0.2, -0.15) is 12.6 Å². The highest BCUT2D eigenvalue weighted by molar-refractivity contribution is 7.80. The van der Waals surface area contributed by atoms with Crippen LogP contribution in [0.25, 0.3) is 11.0 Å². The summed E-state index contributed by atoms with van der Waals surface area (Å²) in [5, 5.41) is 36.9. The molecule has 1 heterocycles. The normalized spacial score (nSPS) is 12.4. The van der Waals surface area contributed by atoms with Crippen LogP contribution >= 0.6 is 12.6 Å². The number of nitrogens with one attached hydrogen (secondary N) is 4. The minimum absolute atomic E-state index is 0.00524. The molecule has 0 aliphatic heterocycles. The first-order valence-corrected chi connectivity index (χ1v) is 10.8. The lowest BCUT2D eigenvalue weighted by molar-refractivity contribution is -0.383. The first kappa shape index (κ1) is 27.3. The molecule has 1 unspecified atom stereocenters. The highest BCUT2D eigenvalue weighted by atomic mass is 32.1. The molecule has 190 valence electrons. The Bertz CT molecular complexity index is 1090. The van der Waals surface area contributed by atoms with Crippen molar-refractivity contribution in [1.29, 1.82) is 0 Å². The van der Waals surface area contributed by atoms with E-state index in [4.69, 9.17) is 10.8 Å². The summed E-state index contributed by atoms with van der Waals surface area (Å²) in [4.78, 5) is 57.0. The number of nitro benzene ring substituents is 1. The van der Waals surface area contributed by atoms with Crippen molar-refractivity contribution in [1.82, 2.24) is 26.3 Å². The van der Waals surface area contributed by atoms with Crippen LogP contribution in [0.2, 0.25) is 0 Å². The number of carbonyl (C=O) groups is 4. The average Bonchev–Trinajstić information content (AvgIpc) is 3.31. The third-order valence-electron chi connectivity index (χ3n) is 4.60. The summed E-state index contributed by atoms with van der Waals surface area (Å²) in [6.45, 7) is -0.217. The van der Waals surface area contributed by atoms with Gasteiger partial charge in [0.25, 0.3) is 0 Å². The largest absolute Gasteiger partial charge is 0.480 e. The molecule has 0 saturated carbocycles. The number of nitrogens with zero attached hydrogens (tertiary/aromatic N) is 3. The number of thiol groups is 1. The van der Waals surface area contributed by atoms with Crippen LogP contribution in [0.4, 0.5) is 11.4 Å². The van der Waals surface area contributed by atoms with E-state index in [0.717, 1.165) is 0 Å². The predicted molar refractivity (Wildman–Crippen MR) is 124 cm³/mol. The molecule has 35 heavy (non-hydrogen) atoms. The van der Waals surface area contributed by atoms with Crippen molar-refractivity contribution in [2.75, 3.05) is 30.7 Å². The smallest absolute Gasteiger partial charge is 0.322 e. The van der Waals surface area contributed by atoms with Crippen molar-refractivity contribution in [3.8, 4) is 0 Å². The lowest BCUT2D eigenvalue weighted by atomic mass is 10.1. The fraction of sp³-hybridized carbons (Fsp3) is 0.444. The van der Waals surface area contributed by atoms with E-state index in [1.165, 1.54) is 12.1 Å². The monoisotopic (exact) mass is 512 g/mol. The van der Waals surface area contributed by atoms with Crippen molar-refractivity contribution in [3.63, 3.8) is 0 Å². The van der Waals surface area contributed by atoms with Gasteiger partial charge in [-0.1, -0.05) is 0 Å². The van der Waals surface area contributed by atoms with Gasteiger partial charge in [0.1, 0.15) is 12.6 Å². The maximum Gasteiger partial charge on any atom is 0.322 e. The number of carboxylic acids is 1. The number of carbonyl (C=O) groups excluding carboxylic acids is 3. The Morgan fingerprint density at radius 1 is 1.14 bits per heavy atom. The molecule has 17 heteroatoms. The van der Waals surface area contributed by atoms with E-state index in [2.05, 4.69) is 48.8 Å². The van der Waals surface area contributed by atoms with Gasteiger partial charge in [-0.25, -0.2) is 4.63 Å². The Balaban J connectivity index is 1.73. The molecule has 1 aromatic heterocycles. The zero-order valence-electron chi connectivity index (χ0n) is 18.2. The Labute approximate surface area is 202 Å². The van der Waals surface area contributed by atoms with Crippen LogP contribution in [0.1, 0.15) is 12.8 Å². The maximum atomic E-state index is 12.2. The van der Waals surface area contributed by atoms with Gasteiger partial charge in [-0.15, -0.1) is 0 Å². The standard InChI is InChI=1S/C18H24N8O8S/c19-9(1-4-13(27)23-11(8-35)18(31)22-7-14(28)29)17(30)21-6-5-20-10-2-3-12(26(32)33)16-15(10)24-34-25-16/h2-3,9,11,20,35H,1,4-8,19H2,(H,21,30)(H,22,31)(H,23,27)(H,28,29)/t9?,11-/m0/s1. The molecule has 2 rings (SSSR count). The van der Waals surface area contributed by atoms with E-state index in [0.29, 0.717) is 5.69 Å². The summed E-state index contributed by atoms with van der Waals surface area (Å²) >= 11 is 3.96. The van der Waals surface area contributed by atoms with E-state index >= 15 is 0 Å². The summed E-state index contributed by atoms with van der Waals surface area (Å²) in [5.74, 6) is -3.05. The number of amides is 3. The van der Waals surface area contributed by atoms with Crippen molar-refractivity contribution in [2.45, 2.75) is 24.9 Å². The predicted octanol–water partition coefficient (Wildman–Crippen LogP) is -1.62. The quantitative estimate of drug-likeness (QED) is 0.0653. The van der Waals surface area contributed by atoms with Gasteiger partial charge in [0, 0.05) is 31.3 Å². The van der Waals surface area contributed by atoms with E-state index in [-0.39, 0.29) is 48.4 Å². The zero-order valence-corrected chi connectivity index (χ0v) is 19.1. The molecule has 0 saturated heterocycles. The van der Waals surface area contributed by atoms with Gasteiger partial charge in [-0.05, 0) is 22.8 Å². The molecule has 0 radical (unpaired) electrons. The van der Waals surface area contributed by atoms with Crippen molar-refractivity contribution >= 4 is 58.7 Å². The summed E-state index contributed by atoms with van der Waals surface area (Å²) in [5.41, 5.74) is 6.13. The Kier molecular flexibility index (Phi) is 10.2. The fourth-order valence-electron chi connectivity index (χ4n) is 2.82. The third kappa shape index (κ3) is 8.07. The van der Waals surface area contributed by atoms with Crippen molar-refractivity contribution in [2.24, 2.45) is 5.73 Å². The lowest BCUT2D eigenvalue weighted by Crippen LogP contribution is -2.49. The number of rotatable bonds is 14. The van der Waals surface area contributed by atoms with E-state index < -0.39 is 47.2 Å². The lowest BCUT2D eigenvalue weighted by Gasteiger charge is -2.17. The molecule has 7 N–H and O–H groups in total. The Morgan fingerprint density at radius 2 is 1.86 bits per heavy atom. The summed E-state index contributed by atoms with van der Waals surface area (Å²) in [7, 11) is 0. The molecular formula is C18H24N8O8S. The van der Waals surface area contributed by atoms with Gasteiger partial charge in [0.05, 0.1) is 16.7 Å². The summed E-state index contributed by atoms with van der Waals surface area (Å²) in [6, 6.07) is 0.660. The Morgan fingerprint density at radius 3 is 2.51 bits per heavy atom. The second-order valence-corrected chi connectivity index (χ2v) is 7.49. The number of nitro groups is 1.